The predicted molar refractivity (Wildman–Crippen MR) is 67.4 cm³/mol. The average molecular weight is 254 g/mol. The van der Waals surface area contributed by atoms with Crippen LogP contribution in [0.25, 0.3) is 0 Å². The minimum atomic E-state index is -0.870. The van der Waals surface area contributed by atoms with E-state index in [9.17, 15) is 9.59 Å². The number of rotatable bonds is 2. The van der Waals surface area contributed by atoms with Crippen LogP contribution in [0.3, 0.4) is 0 Å². The van der Waals surface area contributed by atoms with Gasteiger partial charge in [0.1, 0.15) is 6.04 Å². The molecule has 0 bridgehead atoms. The first-order valence-electron chi connectivity index (χ1n) is 6.95. The van der Waals surface area contributed by atoms with Crippen LogP contribution in [0, 0.1) is 0 Å². The molecular weight excluding hydrogens is 232 g/mol. The molecule has 0 aromatic carbocycles. The zero-order chi connectivity index (χ0) is 13.1. The number of aliphatic carboxylic acids is 1. The van der Waals surface area contributed by atoms with E-state index in [0.29, 0.717) is 19.0 Å². The summed E-state index contributed by atoms with van der Waals surface area (Å²) in [5.41, 5.74) is 0. The summed E-state index contributed by atoms with van der Waals surface area (Å²) in [6.07, 6.45) is 5.60. The highest BCUT2D eigenvalue weighted by atomic mass is 16.4. The van der Waals surface area contributed by atoms with Crippen LogP contribution in [0.4, 0.5) is 4.79 Å². The van der Waals surface area contributed by atoms with Gasteiger partial charge in [-0.1, -0.05) is 6.92 Å². The highest BCUT2D eigenvalue weighted by molar-refractivity contribution is 5.83. The van der Waals surface area contributed by atoms with Gasteiger partial charge in [-0.05, 0) is 38.5 Å². The van der Waals surface area contributed by atoms with Gasteiger partial charge in [-0.2, -0.15) is 0 Å². The van der Waals surface area contributed by atoms with E-state index in [1.807, 2.05) is 4.90 Å². The van der Waals surface area contributed by atoms with Crippen molar-refractivity contribution in [3.05, 3.63) is 0 Å². The first-order chi connectivity index (χ1) is 8.65. The molecule has 5 heteroatoms. The summed E-state index contributed by atoms with van der Waals surface area (Å²) in [7, 11) is 0. The molecule has 2 saturated heterocycles. The van der Waals surface area contributed by atoms with Crippen LogP contribution in [0.2, 0.25) is 0 Å². The molecule has 1 N–H and O–H groups in total. The molecule has 2 heterocycles. The monoisotopic (exact) mass is 254 g/mol. The van der Waals surface area contributed by atoms with Crippen molar-refractivity contribution in [2.24, 2.45) is 0 Å². The number of carboxylic acid groups (broad SMARTS) is 1. The Bertz CT molecular complexity index is 332. The molecule has 0 aromatic heterocycles. The van der Waals surface area contributed by atoms with E-state index in [0.717, 1.165) is 32.2 Å². The van der Waals surface area contributed by atoms with Crippen molar-refractivity contribution in [2.45, 2.75) is 57.5 Å². The molecule has 0 radical (unpaired) electrons. The Morgan fingerprint density at radius 3 is 2.50 bits per heavy atom. The fourth-order valence-electron chi connectivity index (χ4n) is 3.09. The summed E-state index contributed by atoms with van der Waals surface area (Å²) < 4.78 is 0. The van der Waals surface area contributed by atoms with E-state index in [-0.39, 0.29) is 6.03 Å². The summed E-state index contributed by atoms with van der Waals surface area (Å²) >= 11 is 0. The van der Waals surface area contributed by atoms with Crippen molar-refractivity contribution in [3.8, 4) is 0 Å². The molecule has 2 fully saturated rings. The second kappa shape index (κ2) is 5.59. The number of piperidine rings is 1. The van der Waals surface area contributed by atoms with Gasteiger partial charge in [0.15, 0.2) is 0 Å². The van der Waals surface area contributed by atoms with Gasteiger partial charge < -0.3 is 14.9 Å². The van der Waals surface area contributed by atoms with E-state index >= 15 is 0 Å². The lowest BCUT2D eigenvalue weighted by Gasteiger charge is -2.38. The minimum Gasteiger partial charge on any atom is -0.480 e. The highest BCUT2D eigenvalue weighted by Crippen LogP contribution is 2.25. The van der Waals surface area contributed by atoms with Gasteiger partial charge in [-0.25, -0.2) is 9.59 Å². The highest BCUT2D eigenvalue weighted by Gasteiger charge is 2.38. The van der Waals surface area contributed by atoms with Gasteiger partial charge in [0.25, 0.3) is 0 Å². The topological polar surface area (TPSA) is 60.9 Å². The molecule has 2 rings (SSSR count). The molecule has 2 aliphatic rings. The van der Waals surface area contributed by atoms with Gasteiger partial charge in [0.2, 0.25) is 0 Å². The normalized spacial score (nSPS) is 28.5. The number of carboxylic acids is 1. The van der Waals surface area contributed by atoms with Crippen LogP contribution in [-0.4, -0.2) is 52.1 Å². The van der Waals surface area contributed by atoms with Crippen LogP contribution in [-0.2, 0) is 4.79 Å². The smallest absolute Gasteiger partial charge is 0.326 e. The van der Waals surface area contributed by atoms with Gasteiger partial charge in [0.05, 0.1) is 0 Å². The molecule has 2 aliphatic heterocycles. The van der Waals surface area contributed by atoms with Crippen molar-refractivity contribution in [1.29, 1.82) is 0 Å². The number of carbonyl (C=O) groups excluding carboxylic acids is 1. The van der Waals surface area contributed by atoms with Crippen molar-refractivity contribution < 1.29 is 14.7 Å². The molecule has 0 saturated carbocycles. The number of nitrogens with zero attached hydrogens (tertiary/aromatic N) is 2. The second-order valence-corrected chi connectivity index (χ2v) is 5.22. The molecule has 2 atom stereocenters. The maximum Gasteiger partial charge on any atom is 0.326 e. The van der Waals surface area contributed by atoms with Gasteiger partial charge in [-0.3, -0.25) is 0 Å². The SMILES string of the molecule is CCC1CCCCN1C(=O)N1CCCC1C(=O)O. The zero-order valence-corrected chi connectivity index (χ0v) is 11.0. The van der Waals surface area contributed by atoms with Crippen LogP contribution in [0.5, 0.6) is 0 Å². The third-order valence-corrected chi connectivity index (χ3v) is 4.13. The van der Waals surface area contributed by atoms with Crippen molar-refractivity contribution >= 4 is 12.0 Å². The summed E-state index contributed by atoms with van der Waals surface area (Å²) in [6, 6.07) is -0.385. The lowest BCUT2D eigenvalue weighted by molar-refractivity contribution is -0.141. The first-order valence-corrected chi connectivity index (χ1v) is 6.95. The Labute approximate surface area is 108 Å². The Hall–Kier alpha value is -1.26. The molecule has 0 aromatic rings. The minimum absolute atomic E-state index is 0.0635. The van der Waals surface area contributed by atoms with Crippen LogP contribution in [0.15, 0.2) is 0 Å². The Morgan fingerprint density at radius 1 is 1.11 bits per heavy atom. The predicted octanol–water partition coefficient (Wildman–Crippen LogP) is 1.92. The fraction of sp³-hybridized carbons (Fsp3) is 0.846. The third-order valence-electron chi connectivity index (χ3n) is 4.13. The molecule has 0 spiro atoms. The van der Waals surface area contributed by atoms with Crippen molar-refractivity contribution in [1.82, 2.24) is 9.80 Å². The van der Waals surface area contributed by atoms with Crippen LogP contribution in [0.1, 0.15) is 45.4 Å². The van der Waals surface area contributed by atoms with Crippen LogP contribution < -0.4 is 0 Å². The standard InChI is InChI=1S/C13H22N2O3/c1-2-10-6-3-4-8-14(10)13(18)15-9-5-7-11(15)12(16)17/h10-11H,2-9H2,1H3,(H,16,17). The van der Waals surface area contributed by atoms with Gasteiger partial charge >= 0.3 is 12.0 Å². The summed E-state index contributed by atoms with van der Waals surface area (Å²) in [5.74, 6) is -0.870. The van der Waals surface area contributed by atoms with Gasteiger partial charge in [0, 0.05) is 19.1 Å². The molecule has 102 valence electrons. The molecule has 18 heavy (non-hydrogen) atoms. The van der Waals surface area contributed by atoms with E-state index in [1.54, 1.807) is 4.90 Å². The second-order valence-electron chi connectivity index (χ2n) is 5.22. The van der Waals surface area contributed by atoms with Crippen molar-refractivity contribution in [3.63, 3.8) is 0 Å². The van der Waals surface area contributed by atoms with E-state index in [2.05, 4.69) is 6.92 Å². The van der Waals surface area contributed by atoms with E-state index in [1.165, 1.54) is 6.42 Å². The number of hydrogen-bond acceptors (Lipinski definition) is 2. The molecule has 5 nitrogen and oxygen atoms in total. The molecule has 0 aliphatic carbocycles. The van der Waals surface area contributed by atoms with Gasteiger partial charge in [-0.15, -0.1) is 0 Å². The summed E-state index contributed by atoms with van der Waals surface area (Å²) in [5, 5.41) is 9.14. The maximum atomic E-state index is 12.5. The number of amides is 2. The maximum absolute atomic E-state index is 12.5. The quantitative estimate of drug-likeness (QED) is 0.819. The Kier molecular flexibility index (Phi) is 4.09. The number of urea groups is 1. The lowest BCUT2D eigenvalue weighted by atomic mass is 10.0. The molecular formula is C13H22N2O3. The van der Waals surface area contributed by atoms with Crippen LogP contribution >= 0.6 is 0 Å². The summed E-state index contributed by atoms with van der Waals surface area (Å²) in [6.45, 7) is 3.46. The molecule has 2 amide bonds. The number of hydrogen-bond donors (Lipinski definition) is 1. The third kappa shape index (κ3) is 2.44. The zero-order valence-electron chi connectivity index (χ0n) is 11.0. The number of likely N-dealkylation sites (tertiary alicyclic amines) is 2. The summed E-state index contributed by atoms with van der Waals surface area (Å²) in [4.78, 5) is 27.1. The van der Waals surface area contributed by atoms with E-state index < -0.39 is 12.0 Å². The Morgan fingerprint density at radius 2 is 1.83 bits per heavy atom. The Balaban J connectivity index is 2.07. The fourth-order valence-corrected chi connectivity index (χ4v) is 3.09. The average Bonchev–Trinajstić information content (AvgIpc) is 2.87. The first kappa shape index (κ1) is 13.2. The number of carbonyl (C=O) groups is 2. The van der Waals surface area contributed by atoms with E-state index in [4.69, 9.17) is 5.11 Å². The largest absolute Gasteiger partial charge is 0.480 e. The molecule has 2 unspecified atom stereocenters. The lowest BCUT2D eigenvalue weighted by Crippen LogP contribution is -2.52. The van der Waals surface area contributed by atoms with Crippen molar-refractivity contribution in [2.75, 3.05) is 13.1 Å².